The number of carbonyl (C=O) groups excluding carboxylic acids is 2. The maximum absolute atomic E-state index is 13.0. The van der Waals surface area contributed by atoms with Crippen molar-refractivity contribution < 1.29 is 19.5 Å². The van der Waals surface area contributed by atoms with E-state index >= 15 is 0 Å². The van der Waals surface area contributed by atoms with Gasteiger partial charge in [-0.25, -0.2) is 0 Å². The van der Waals surface area contributed by atoms with Gasteiger partial charge in [0.15, 0.2) is 0 Å². The Kier molecular flexibility index (Phi) is 5.13. The van der Waals surface area contributed by atoms with Crippen molar-refractivity contribution >= 4 is 17.8 Å². The topological polar surface area (TPSA) is 77.9 Å². The molecule has 2 bridgehead atoms. The monoisotopic (exact) mass is 384 g/mol. The van der Waals surface area contributed by atoms with E-state index in [0.717, 1.165) is 31.4 Å². The van der Waals surface area contributed by atoms with Crippen molar-refractivity contribution in [2.24, 2.45) is 5.41 Å². The van der Waals surface area contributed by atoms with Gasteiger partial charge in [-0.15, -0.1) is 0 Å². The molecule has 3 atom stereocenters. The number of carboxylic acids is 1. The first kappa shape index (κ1) is 19.0. The summed E-state index contributed by atoms with van der Waals surface area (Å²) in [5.74, 6) is -0.555. The van der Waals surface area contributed by atoms with Gasteiger partial charge in [0.2, 0.25) is 11.8 Å². The first-order chi connectivity index (χ1) is 13.5. The summed E-state index contributed by atoms with van der Waals surface area (Å²) in [5.41, 5.74) is 0.127. The fourth-order valence-corrected chi connectivity index (χ4v) is 5.51. The van der Waals surface area contributed by atoms with Gasteiger partial charge in [-0.2, -0.15) is 0 Å². The predicted octanol–water partition coefficient (Wildman–Crippen LogP) is 2.47. The largest absolute Gasteiger partial charge is 0.481 e. The second-order valence-corrected chi connectivity index (χ2v) is 8.46. The van der Waals surface area contributed by atoms with Crippen LogP contribution in [0.5, 0.6) is 0 Å². The number of aliphatic carboxylic acids is 1. The Balaban J connectivity index is 1.43. The fourth-order valence-electron chi connectivity index (χ4n) is 5.51. The molecule has 1 N–H and O–H groups in total. The molecule has 2 amide bonds. The molecule has 150 valence electrons. The van der Waals surface area contributed by atoms with Gasteiger partial charge in [-0.05, 0) is 44.1 Å². The molecule has 6 heteroatoms. The van der Waals surface area contributed by atoms with Crippen LogP contribution in [0.2, 0.25) is 0 Å². The number of likely N-dealkylation sites (tertiary alicyclic amines) is 1. The summed E-state index contributed by atoms with van der Waals surface area (Å²) in [5, 5.41) is 10.1. The maximum atomic E-state index is 13.0. The van der Waals surface area contributed by atoms with E-state index in [-0.39, 0.29) is 23.9 Å². The van der Waals surface area contributed by atoms with Crippen LogP contribution in [0.15, 0.2) is 30.3 Å². The number of nitrogens with zero attached hydrogens (tertiary/aromatic N) is 2. The lowest BCUT2D eigenvalue weighted by atomic mass is 9.70. The van der Waals surface area contributed by atoms with E-state index in [1.807, 2.05) is 40.1 Å². The molecule has 28 heavy (non-hydrogen) atoms. The third-order valence-corrected chi connectivity index (χ3v) is 6.81. The number of hydrogen-bond donors (Lipinski definition) is 1. The van der Waals surface area contributed by atoms with Crippen molar-refractivity contribution in [1.82, 2.24) is 9.80 Å². The van der Waals surface area contributed by atoms with E-state index in [1.54, 1.807) is 0 Å². The van der Waals surface area contributed by atoms with Crippen molar-refractivity contribution in [3.05, 3.63) is 35.9 Å². The molecular weight excluding hydrogens is 356 g/mol. The minimum absolute atomic E-state index is 0.0331. The van der Waals surface area contributed by atoms with Crippen LogP contribution in [0, 0.1) is 5.41 Å². The molecule has 6 nitrogen and oxygen atoms in total. The van der Waals surface area contributed by atoms with E-state index < -0.39 is 11.4 Å². The van der Waals surface area contributed by atoms with Crippen molar-refractivity contribution in [1.29, 1.82) is 0 Å². The molecule has 3 aliphatic rings. The summed E-state index contributed by atoms with van der Waals surface area (Å²) >= 11 is 0. The molecular formula is C22H28N2O4. The smallest absolute Gasteiger partial charge is 0.312 e. The third kappa shape index (κ3) is 3.29. The highest BCUT2D eigenvalue weighted by molar-refractivity contribution is 5.83. The number of fused-ring (bicyclic) bond motifs is 2. The lowest BCUT2D eigenvalue weighted by Gasteiger charge is -2.33. The standard InChI is InChI=1S/C22H28N2O4/c25-19-8-4-12-23(19)13-5-9-20(26)24-17-10-11-18(24)22(15-17,21(27)28)14-16-6-2-1-3-7-16/h1-3,6-7,17-18H,4-5,8-15H2,(H,27,28)/t17-,18+,22+/m0/s1. The van der Waals surface area contributed by atoms with Crippen LogP contribution in [0.3, 0.4) is 0 Å². The number of amides is 2. The summed E-state index contributed by atoms with van der Waals surface area (Å²) in [4.78, 5) is 40.7. The molecule has 0 aliphatic carbocycles. The summed E-state index contributed by atoms with van der Waals surface area (Å²) < 4.78 is 0. The van der Waals surface area contributed by atoms with Gasteiger partial charge in [-0.1, -0.05) is 30.3 Å². The van der Waals surface area contributed by atoms with Crippen molar-refractivity contribution in [3.63, 3.8) is 0 Å². The Morgan fingerprint density at radius 1 is 1.18 bits per heavy atom. The molecule has 3 heterocycles. The van der Waals surface area contributed by atoms with Gasteiger partial charge in [0.05, 0.1) is 5.41 Å². The molecule has 0 spiro atoms. The molecule has 1 aromatic carbocycles. The second kappa shape index (κ2) is 7.57. The molecule has 0 saturated carbocycles. The summed E-state index contributed by atoms with van der Waals surface area (Å²) in [7, 11) is 0. The van der Waals surface area contributed by atoms with Crippen LogP contribution >= 0.6 is 0 Å². The molecule has 0 aromatic heterocycles. The minimum atomic E-state index is -0.884. The van der Waals surface area contributed by atoms with Crippen molar-refractivity contribution in [2.45, 2.75) is 63.5 Å². The predicted molar refractivity (Wildman–Crippen MR) is 104 cm³/mol. The minimum Gasteiger partial charge on any atom is -0.481 e. The van der Waals surface area contributed by atoms with Crippen molar-refractivity contribution in [2.75, 3.05) is 13.1 Å². The van der Waals surface area contributed by atoms with Gasteiger partial charge in [0.25, 0.3) is 0 Å². The van der Waals surface area contributed by atoms with E-state index in [2.05, 4.69) is 0 Å². The van der Waals surface area contributed by atoms with Crippen LogP contribution in [0.1, 0.15) is 50.5 Å². The highest BCUT2D eigenvalue weighted by Crippen LogP contribution is 2.52. The van der Waals surface area contributed by atoms with E-state index in [4.69, 9.17) is 0 Å². The molecule has 3 aliphatic heterocycles. The first-order valence-corrected chi connectivity index (χ1v) is 10.4. The zero-order valence-corrected chi connectivity index (χ0v) is 16.2. The average molecular weight is 384 g/mol. The van der Waals surface area contributed by atoms with Crippen LogP contribution in [-0.2, 0) is 20.8 Å². The Labute approximate surface area is 165 Å². The first-order valence-electron chi connectivity index (χ1n) is 10.4. The summed E-state index contributed by atoms with van der Waals surface area (Å²) in [6, 6.07) is 9.54. The number of carbonyl (C=O) groups is 3. The summed E-state index contributed by atoms with van der Waals surface area (Å²) in [6.45, 7) is 1.42. The molecule has 3 fully saturated rings. The zero-order valence-electron chi connectivity index (χ0n) is 16.2. The zero-order chi connectivity index (χ0) is 19.7. The maximum Gasteiger partial charge on any atom is 0.312 e. The normalized spacial score (nSPS) is 28.9. The number of hydrogen-bond acceptors (Lipinski definition) is 3. The quantitative estimate of drug-likeness (QED) is 0.783. The molecule has 3 saturated heterocycles. The van der Waals surface area contributed by atoms with Gasteiger partial charge < -0.3 is 14.9 Å². The van der Waals surface area contributed by atoms with Crippen LogP contribution in [0.4, 0.5) is 0 Å². The molecule has 4 rings (SSSR count). The van der Waals surface area contributed by atoms with Crippen LogP contribution in [0.25, 0.3) is 0 Å². The van der Waals surface area contributed by atoms with E-state index in [0.29, 0.717) is 38.6 Å². The highest BCUT2D eigenvalue weighted by Gasteiger charge is 2.61. The Hall–Kier alpha value is -2.37. The van der Waals surface area contributed by atoms with Gasteiger partial charge in [0, 0.05) is 38.0 Å². The lowest BCUT2D eigenvalue weighted by Crippen LogP contribution is -2.46. The molecule has 0 radical (unpaired) electrons. The Morgan fingerprint density at radius 3 is 2.64 bits per heavy atom. The molecule has 1 aromatic rings. The average Bonchev–Trinajstić information content (AvgIpc) is 3.36. The second-order valence-electron chi connectivity index (χ2n) is 8.46. The van der Waals surface area contributed by atoms with Crippen molar-refractivity contribution in [3.8, 4) is 0 Å². The number of benzene rings is 1. The Morgan fingerprint density at radius 2 is 1.96 bits per heavy atom. The molecule has 0 unspecified atom stereocenters. The number of rotatable bonds is 7. The Bertz CT molecular complexity index is 765. The SMILES string of the molecule is O=C1CCCN1CCCC(=O)N1[C@H]2CC[C@@H]1[C@](Cc1ccccc1)(C(=O)O)C2. The lowest BCUT2D eigenvalue weighted by molar-refractivity contribution is -0.151. The highest BCUT2D eigenvalue weighted by atomic mass is 16.4. The van der Waals surface area contributed by atoms with E-state index in [1.165, 1.54) is 0 Å². The van der Waals surface area contributed by atoms with Gasteiger partial charge in [-0.3, -0.25) is 14.4 Å². The summed E-state index contributed by atoms with van der Waals surface area (Å²) in [6.07, 6.45) is 5.23. The van der Waals surface area contributed by atoms with E-state index in [9.17, 15) is 19.5 Å². The fraction of sp³-hybridized carbons (Fsp3) is 0.591. The van der Waals surface area contributed by atoms with Gasteiger partial charge >= 0.3 is 5.97 Å². The number of carboxylic acid groups (broad SMARTS) is 1. The third-order valence-electron chi connectivity index (χ3n) is 6.81. The van der Waals surface area contributed by atoms with Crippen LogP contribution < -0.4 is 0 Å². The van der Waals surface area contributed by atoms with Crippen LogP contribution in [-0.4, -0.2) is 57.9 Å². The van der Waals surface area contributed by atoms with Gasteiger partial charge in [0.1, 0.15) is 0 Å².